The van der Waals surface area contributed by atoms with Gasteiger partial charge in [0.1, 0.15) is 5.69 Å². The summed E-state index contributed by atoms with van der Waals surface area (Å²) in [6.45, 7) is 12.0. The molecule has 1 saturated carbocycles. The molecule has 1 aliphatic rings. The Balaban J connectivity index is 1.75. The molecule has 0 radical (unpaired) electrons. The molecule has 1 amide bonds. The van der Waals surface area contributed by atoms with Crippen molar-refractivity contribution in [2.75, 3.05) is 7.05 Å². The quantitative estimate of drug-likeness (QED) is 0.777. The molecule has 0 spiro atoms. The average Bonchev–Trinajstić information content (AvgIpc) is 3.37. The van der Waals surface area contributed by atoms with Crippen LogP contribution in [-0.2, 0) is 18.6 Å². The molecule has 152 valence electrons. The highest BCUT2D eigenvalue weighted by Crippen LogP contribution is 2.40. The van der Waals surface area contributed by atoms with Gasteiger partial charge in [0.05, 0.1) is 11.2 Å². The Labute approximate surface area is 169 Å². The highest BCUT2D eigenvalue weighted by molar-refractivity contribution is 5.92. The van der Waals surface area contributed by atoms with Crippen LogP contribution >= 0.6 is 0 Å². The van der Waals surface area contributed by atoms with E-state index in [9.17, 15) is 4.79 Å². The second-order valence-corrected chi connectivity index (χ2v) is 9.27. The largest absolute Gasteiger partial charge is 0.347 e. The lowest BCUT2D eigenvalue weighted by Gasteiger charge is -2.23. The summed E-state index contributed by atoms with van der Waals surface area (Å²) in [6.07, 6.45) is 2.36. The first kappa shape index (κ1) is 20.6. The summed E-state index contributed by atoms with van der Waals surface area (Å²) in [5.74, 6) is 0.476. The van der Waals surface area contributed by atoms with Crippen molar-refractivity contribution < 1.29 is 4.79 Å². The number of benzene rings is 1. The van der Waals surface area contributed by atoms with Crippen LogP contribution in [-0.4, -0.2) is 33.7 Å². The number of carbonyl (C=O) groups is 1. The molecule has 0 atom stereocenters. The number of nitrogens with zero attached hydrogens (tertiary/aromatic N) is 3. The Morgan fingerprint density at radius 2 is 1.89 bits per heavy atom. The third kappa shape index (κ3) is 4.82. The van der Waals surface area contributed by atoms with Crippen molar-refractivity contribution in [3.8, 4) is 0 Å². The first-order chi connectivity index (χ1) is 13.2. The van der Waals surface area contributed by atoms with E-state index in [1.165, 1.54) is 18.4 Å². The van der Waals surface area contributed by atoms with Crippen LogP contribution in [0, 0.1) is 0 Å². The zero-order valence-corrected chi connectivity index (χ0v) is 18.1. The van der Waals surface area contributed by atoms with E-state index >= 15 is 0 Å². The molecule has 2 aromatic rings. The fourth-order valence-electron chi connectivity index (χ4n) is 3.25. The monoisotopic (exact) mass is 382 g/mol. The van der Waals surface area contributed by atoms with Gasteiger partial charge in [-0.3, -0.25) is 14.4 Å². The van der Waals surface area contributed by atoms with E-state index < -0.39 is 0 Å². The van der Waals surface area contributed by atoms with Crippen molar-refractivity contribution in [3.05, 3.63) is 52.8 Å². The fourth-order valence-corrected chi connectivity index (χ4v) is 3.25. The SMILES string of the molecule is CC(C)N(C)Cc1ccccc1CNC(=O)c1cc(C2CC2)nn1C(C)(C)C. The molecule has 1 heterocycles. The van der Waals surface area contributed by atoms with E-state index in [4.69, 9.17) is 5.10 Å². The molecule has 5 heteroatoms. The van der Waals surface area contributed by atoms with E-state index in [0.29, 0.717) is 24.2 Å². The summed E-state index contributed by atoms with van der Waals surface area (Å²) < 4.78 is 1.88. The summed E-state index contributed by atoms with van der Waals surface area (Å²) in [4.78, 5) is 15.3. The van der Waals surface area contributed by atoms with Crippen molar-refractivity contribution in [2.24, 2.45) is 0 Å². The van der Waals surface area contributed by atoms with Crippen molar-refractivity contribution in [1.82, 2.24) is 20.0 Å². The van der Waals surface area contributed by atoms with E-state index in [-0.39, 0.29) is 11.4 Å². The average molecular weight is 383 g/mol. The Morgan fingerprint density at radius 3 is 2.46 bits per heavy atom. The molecule has 0 aliphatic heterocycles. The molecule has 0 saturated heterocycles. The highest BCUT2D eigenvalue weighted by Gasteiger charge is 2.31. The van der Waals surface area contributed by atoms with Gasteiger partial charge in [0.15, 0.2) is 0 Å². The van der Waals surface area contributed by atoms with Crippen LogP contribution in [0.15, 0.2) is 30.3 Å². The molecular weight excluding hydrogens is 348 g/mol. The van der Waals surface area contributed by atoms with Gasteiger partial charge in [0.2, 0.25) is 0 Å². The third-order valence-corrected chi connectivity index (χ3v) is 5.45. The second-order valence-electron chi connectivity index (χ2n) is 9.27. The molecule has 28 heavy (non-hydrogen) atoms. The number of hydrogen-bond acceptors (Lipinski definition) is 3. The Kier molecular flexibility index (Phi) is 5.94. The van der Waals surface area contributed by atoms with E-state index in [2.05, 4.69) is 70.1 Å². The number of aromatic nitrogens is 2. The Morgan fingerprint density at radius 1 is 1.25 bits per heavy atom. The third-order valence-electron chi connectivity index (χ3n) is 5.45. The summed E-state index contributed by atoms with van der Waals surface area (Å²) in [5, 5.41) is 7.87. The van der Waals surface area contributed by atoms with Gasteiger partial charge in [-0.2, -0.15) is 5.10 Å². The predicted octanol–water partition coefficient (Wildman–Crippen LogP) is 4.29. The minimum absolute atomic E-state index is 0.0543. The first-order valence-electron chi connectivity index (χ1n) is 10.3. The summed E-state index contributed by atoms with van der Waals surface area (Å²) in [7, 11) is 2.13. The minimum atomic E-state index is -0.225. The van der Waals surface area contributed by atoms with Gasteiger partial charge in [-0.15, -0.1) is 0 Å². The minimum Gasteiger partial charge on any atom is -0.347 e. The number of rotatable bonds is 7. The molecule has 0 bridgehead atoms. The lowest BCUT2D eigenvalue weighted by atomic mass is 10.1. The van der Waals surface area contributed by atoms with Crippen LogP contribution in [0.25, 0.3) is 0 Å². The van der Waals surface area contributed by atoms with E-state index in [0.717, 1.165) is 17.8 Å². The molecule has 5 nitrogen and oxygen atoms in total. The number of amides is 1. The van der Waals surface area contributed by atoms with Crippen LogP contribution in [0.5, 0.6) is 0 Å². The Bertz CT molecular complexity index is 827. The van der Waals surface area contributed by atoms with Gasteiger partial charge in [-0.25, -0.2) is 0 Å². The molecule has 1 aromatic heterocycles. The molecular formula is C23H34N4O. The normalized spacial score (nSPS) is 14.7. The van der Waals surface area contributed by atoms with Crippen LogP contribution < -0.4 is 5.32 Å². The van der Waals surface area contributed by atoms with Gasteiger partial charge in [0.25, 0.3) is 5.91 Å². The molecule has 1 aliphatic carbocycles. The summed E-state index contributed by atoms with van der Waals surface area (Å²) >= 11 is 0. The van der Waals surface area contributed by atoms with Crippen molar-refractivity contribution in [3.63, 3.8) is 0 Å². The lowest BCUT2D eigenvalue weighted by Crippen LogP contribution is -2.32. The predicted molar refractivity (Wildman–Crippen MR) is 113 cm³/mol. The molecule has 3 rings (SSSR count). The fraction of sp³-hybridized carbons (Fsp3) is 0.565. The topological polar surface area (TPSA) is 50.2 Å². The number of carbonyl (C=O) groups excluding carboxylic acids is 1. The van der Waals surface area contributed by atoms with Gasteiger partial charge in [-0.1, -0.05) is 24.3 Å². The molecule has 1 fully saturated rings. The van der Waals surface area contributed by atoms with E-state index in [1.54, 1.807) is 0 Å². The summed E-state index contributed by atoms with van der Waals surface area (Å²) in [6, 6.07) is 10.8. The number of nitrogens with one attached hydrogen (secondary N) is 1. The van der Waals surface area contributed by atoms with Gasteiger partial charge >= 0.3 is 0 Å². The van der Waals surface area contributed by atoms with Gasteiger partial charge in [0, 0.05) is 25.0 Å². The summed E-state index contributed by atoms with van der Waals surface area (Å²) in [5.41, 5.74) is 3.90. The molecule has 1 aromatic carbocycles. The molecule has 0 unspecified atom stereocenters. The van der Waals surface area contributed by atoms with Crippen LogP contribution in [0.1, 0.15) is 80.7 Å². The maximum absolute atomic E-state index is 13.0. The van der Waals surface area contributed by atoms with E-state index in [1.807, 2.05) is 16.8 Å². The standard InChI is InChI=1S/C23H34N4O/c1-16(2)26(6)15-19-10-8-7-9-18(19)14-24-22(28)21-13-20(17-11-12-17)25-27(21)23(3,4)5/h7-10,13,16-17H,11-12,14-15H2,1-6H3,(H,24,28). The van der Waals surface area contributed by atoms with Crippen LogP contribution in [0.2, 0.25) is 0 Å². The lowest BCUT2D eigenvalue weighted by molar-refractivity contribution is 0.0932. The van der Waals surface area contributed by atoms with Crippen molar-refractivity contribution in [2.45, 2.75) is 78.0 Å². The highest BCUT2D eigenvalue weighted by atomic mass is 16.2. The van der Waals surface area contributed by atoms with Crippen molar-refractivity contribution in [1.29, 1.82) is 0 Å². The maximum Gasteiger partial charge on any atom is 0.269 e. The number of hydrogen-bond donors (Lipinski definition) is 1. The second kappa shape index (κ2) is 8.08. The van der Waals surface area contributed by atoms with Gasteiger partial charge in [-0.05, 0) is 71.7 Å². The zero-order valence-electron chi connectivity index (χ0n) is 18.1. The smallest absolute Gasteiger partial charge is 0.269 e. The first-order valence-corrected chi connectivity index (χ1v) is 10.3. The maximum atomic E-state index is 13.0. The van der Waals surface area contributed by atoms with Crippen molar-refractivity contribution >= 4 is 5.91 Å². The van der Waals surface area contributed by atoms with Gasteiger partial charge < -0.3 is 5.32 Å². The van der Waals surface area contributed by atoms with Crippen LogP contribution in [0.3, 0.4) is 0 Å². The Hall–Kier alpha value is -2.14. The zero-order chi connectivity index (χ0) is 20.5. The molecule has 1 N–H and O–H groups in total. The van der Waals surface area contributed by atoms with Crippen LogP contribution in [0.4, 0.5) is 0 Å².